The van der Waals surface area contributed by atoms with Gasteiger partial charge in [0.05, 0.1) is 11.5 Å². The number of nitro groups is 1. The van der Waals surface area contributed by atoms with Crippen molar-refractivity contribution in [1.29, 1.82) is 0 Å². The second-order valence-corrected chi connectivity index (χ2v) is 4.23. The third-order valence-corrected chi connectivity index (χ3v) is 2.74. The van der Waals surface area contributed by atoms with Crippen LogP contribution in [-0.4, -0.2) is 23.2 Å². The molecule has 0 aliphatic heterocycles. The standard InChI is InChI=1S/C15H15NO5/c17-9-10-20-14-3-1-2-4-15(14)21-11-12-5-7-13(8-6-12)16(18)19/h1-8,17H,9-11H2. The van der Waals surface area contributed by atoms with Crippen LogP contribution in [-0.2, 0) is 6.61 Å². The van der Waals surface area contributed by atoms with Crippen molar-refractivity contribution in [1.82, 2.24) is 0 Å². The van der Waals surface area contributed by atoms with E-state index in [4.69, 9.17) is 14.6 Å². The maximum absolute atomic E-state index is 10.6. The topological polar surface area (TPSA) is 81.8 Å². The van der Waals surface area contributed by atoms with Crippen molar-refractivity contribution in [2.75, 3.05) is 13.2 Å². The zero-order chi connectivity index (χ0) is 15.1. The van der Waals surface area contributed by atoms with Gasteiger partial charge in [-0.25, -0.2) is 0 Å². The van der Waals surface area contributed by atoms with Gasteiger partial charge in [-0.3, -0.25) is 10.1 Å². The SMILES string of the molecule is O=[N+]([O-])c1ccc(COc2ccccc2OCCO)cc1. The van der Waals surface area contributed by atoms with E-state index in [1.807, 2.05) is 12.1 Å². The number of rotatable bonds is 7. The largest absolute Gasteiger partial charge is 0.487 e. The van der Waals surface area contributed by atoms with Gasteiger partial charge in [0.1, 0.15) is 13.2 Å². The molecule has 0 fully saturated rings. The van der Waals surface area contributed by atoms with Crippen LogP contribution in [0, 0.1) is 10.1 Å². The van der Waals surface area contributed by atoms with Gasteiger partial charge in [0.15, 0.2) is 11.5 Å². The molecule has 0 aromatic heterocycles. The molecule has 0 amide bonds. The van der Waals surface area contributed by atoms with Crippen molar-refractivity contribution >= 4 is 5.69 Å². The Bertz CT molecular complexity index is 597. The predicted octanol–water partition coefficient (Wildman–Crippen LogP) is 2.54. The molecule has 21 heavy (non-hydrogen) atoms. The fourth-order valence-corrected chi connectivity index (χ4v) is 1.72. The molecule has 0 saturated heterocycles. The Morgan fingerprint density at radius 3 is 2.19 bits per heavy atom. The Morgan fingerprint density at radius 2 is 1.62 bits per heavy atom. The molecule has 6 nitrogen and oxygen atoms in total. The molecule has 0 spiro atoms. The summed E-state index contributed by atoms with van der Waals surface area (Å²) in [5.74, 6) is 1.11. The minimum atomic E-state index is -0.442. The Hall–Kier alpha value is -2.60. The summed E-state index contributed by atoms with van der Waals surface area (Å²) in [4.78, 5) is 10.1. The van der Waals surface area contributed by atoms with Gasteiger partial charge < -0.3 is 14.6 Å². The first-order valence-corrected chi connectivity index (χ1v) is 6.39. The number of hydrogen-bond acceptors (Lipinski definition) is 5. The lowest BCUT2D eigenvalue weighted by Crippen LogP contribution is -2.04. The summed E-state index contributed by atoms with van der Waals surface area (Å²) < 4.78 is 11.0. The molecule has 2 rings (SSSR count). The number of nitrogens with zero attached hydrogens (tertiary/aromatic N) is 1. The molecular formula is C15H15NO5. The zero-order valence-corrected chi connectivity index (χ0v) is 11.3. The van der Waals surface area contributed by atoms with Gasteiger partial charge in [0, 0.05) is 12.1 Å². The highest BCUT2D eigenvalue weighted by atomic mass is 16.6. The number of benzene rings is 2. The van der Waals surface area contributed by atoms with Crippen molar-refractivity contribution in [2.45, 2.75) is 6.61 Å². The van der Waals surface area contributed by atoms with E-state index in [1.165, 1.54) is 12.1 Å². The smallest absolute Gasteiger partial charge is 0.269 e. The molecule has 0 saturated carbocycles. The minimum Gasteiger partial charge on any atom is -0.487 e. The summed E-state index contributed by atoms with van der Waals surface area (Å²) in [7, 11) is 0. The van der Waals surface area contributed by atoms with Gasteiger partial charge in [-0.2, -0.15) is 0 Å². The molecule has 0 aliphatic rings. The fourth-order valence-electron chi connectivity index (χ4n) is 1.72. The van der Waals surface area contributed by atoms with E-state index in [2.05, 4.69) is 0 Å². The molecule has 0 radical (unpaired) electrons. The first-order valence-electron chi connectivity index (χ1n) is 6.39. The highest BCUT2D eigenvalue weighted by molar-refractivity contribution is 5.40. The van der Waals surface area contributed by atoms with Gasteiger partial charge >= 0.3 is 0 Å². The summed E-state index contributed by atoms with van der Waals surface area (Å²) in [5.41, 5.74) is 0.864. The number of aliphatic hydroxyl groups excluding tert-OH is 1. The van der Waals surface area contributed by atoms with Gasteiger partial charge in [0.25, 0.3) is 5.69 Å². The number of ether oxygens (including phenoxy) is 2. The molecule has 0 aliphatic carbocycles. The maximum Gasteiger partial charge on any atom is 0.269 e. The number of nitro benzene ring substituents is 1. The van der Waals surface area contributed by atoms with Gasteiger partial charge in [-0.1, -0.05) is 12.1 Å². The fraction of sp³-hybridized carbons (Fsp3) is 0.200. The van der Waals surface area contributed by atoms with E-state index in [-0.39, 0.29) is 25.5 Å². The number of para-hydroxylation sites is 2. The Labute approximate surface area is 121 Å². The third-order valence-electron chi connectivity index (χ3n) is 2.74. The van der Waals surface area contributed by atoms with Crippen molar-refractivity contribution in [2.24, 2.45) is 0 Å². The Morgan fingerprint density at radius 1 is 1.00 bits per heavy atom. The van der Waals surface area contributed by atoms with Gasteiger partial charge in [-0.15, -0.1) is 0 Å². The molecule has 6 heteroatoms. The third kappa shape index (κ3) is 4.19. The molecule has 0 unspecified atom stereocenters. The van der Waals surface area contributed by atoms with E-state index in [0.29, 0.717) is 11.5 Å². The maximum atomic E-state index is 10.6. The second kappa shape index (κ2) is 7.25. The molecule has 1 N–H and O–H groups in total. The highest BCUT2D eigenvalue weighted by Crippen LogP contribution is 2.27. The van der Waals surface area contributed by atoms with Crippen LogP contribution in [0.4, 0.5) is 5.69 Å². The molecule has 0 bridgehead atoms. The Kier molecular flexibility index (Phi) is 5.11. The van der Waals surface area contributed by atoms with Crippen LogP contribution >= 0.6 is 0 Å². The predicted molar refractivity (Wildman–Crippen MR) is 76.5 cm³/mol. The molecule has 0 atom stereocenters. The van der Waals surface area contributed by atoms with E-state index < -0.39 is 4.92 Å². The Balaban J connectivity index is 2.00. The minimum absolute atomic E-state index is 0.0467. The van der Waals surface area contributed by atoms with E-state index in [1.54, 1.807) is 24.3 Å². The number of hydrogen-bond donors (Lipinski definition) is 1. The van der Waals surface area contributed by atoms with Crippen LogP contribution in [0.1, 0.15) is 5.56 Å². The summed E-state index contributed by atoms with van der Waals surface area (Å²) in [6, 6.07) is 13.3. The average Bonchev–Trinajstić information content (AvgIpc) is 2.52. The van der Waals surface area contributed by atoms with Crippen LogP contribution in [0.3, 0.4) is 0 Å². The second-order valence-electron chi connectivity index (χ2n) is 4.23. The lowest BCUT2D eigenvalue weighted by atomic mass is 10.2. The van der Waals surface area contributed by atoms with Gasteiger partial charge in [0.2, 0.25) is 0 Å². The summed E-state index contributed by atoms with van der Waals surface area (Å²) in [6.07, 6.45) is 0. The van der Waals surface area contributed by atoms with Crippen molar-refractivity contribution in [3.63, 3.8) is 0 Å². The number of non-ortho nitro benzene ring substituents is 1. The molecular weight excluding hydrogens is 274 g/mol. The van der Waals surface area contributed by atoms with Crippen molar-refractivity contribution in [3.05, 3.63) is 64.2 Å². The monoisotopic (exact) mass is 289 g/mol. The first-order chi connectivity index (χ1) is 10.2. The van der Waals surface area contributed by atoms with E-state index in [0.717, 1.165) is 5.56 Å². The van der Waals surface area contributed by atoms with Gasteiger partial charge in [-0.05, 0) is 29.8 Å². The first kappa shape index (κ1) is 14.8. The van der Waals surface area contributed by atoms with Crippen LogP contribution in [0.5, 0.6) is 11.5 Å². The lowest BCUT2D eigenvalue weighted by molar-refractivity contribution is -0.384. The van der Waals surface area contributed by atoms with Crippen LogP contribution in [0.2, 0.25) is 0 Å². The number of aliphatic hydroxyl groups is 1. The van der Waals surface area contributed by atoms with Crippen molar-refractivity contribution in [3.8, 4) is 11.5 Å². The van der Waals surface area contributed by atoms with Crippen LogP contribution in [0.15, 0.2) is 48.5 Å². The molecule has 2 aromatic carbocycles. The summed E-state index contributed by atoms with van der Waals surface area (Å²) in [5, 5.41) is 19.4. The summed E-state index contributed by atoms with van der Waals surface area (Å²) >= 11 is 0. The average molecular weight is 289 g/mol. The highest BCUT2D eigenvalue weighted by Gasteiger charge is 2.06. The van der Waals surface area contributed by atoms with E-state index >= 15 is 0 Å². The van der Waals surface area contributed by atoms with Crippen LogP contribution < -0.4 is 9.47 Å². The molecule has 0 heterocycles. The molecule has 110 valence electrons. The normalized spacial score (nSPS) is 10.1. The van der Waals surface area contributed by atoms with Crippen molar-refractivity contribution < 1.29 is 19.5 Å². The lowest BCUT2D eigenvalue weighted by Gasteiger charge is -2.11. The zero-order valence-electron chi connectivity index (χ0n) is 11.3. The van der Waals surface area contributed by atoms with Crippen LogP contribution in [0.25, 0.3) is 0 Å². The summed E-state index contributed by atoms with van der Waals surface area (Å²) in [6.45, 7) is 0.395. The van der Waals surface area contributed by atoms with E-state index in [9.17, 15) is 10.1 Å². The quantitative estimate of drug-likeness (QED) is 0.625. The molecule has 2 aromatic rings.